The van der Waals surface area contributed by atoms with Crippen molar-refractivity contribution >= 4 is 5.97 Å². The molecule has 0 saturated carbocycles. The molecule has 0 saturated heterocycles. The van der Waals surface area contributed by atoms with Gasteiger partial charge in [0.1, 0.15) is 23.4 Å². The molecule has 9 heteroatoms. The third-order valence-corrected chi connectivity index (χ3v) is 3.88. The van der Waals surface area contributed by atoms with Gasteiger partial charge in [-0.3, -0.25) is 9.97 Å². The van der Waals surface area contributed by atoms with E-state index in [1.165, 1.54) is 19.3 Å². The Hall–Kier alpha value is -3.62. The van der Waals surface area contributed by atoms with Crippen LogP contribution in [0.5, 0.6) is 17.2 Å². The van der Waals surface area contributed by atoms with Gasteiger partial charge in [-0.25, -0.2) is 4.79 Å². The minimum absolute atomic E-state index is 0.374. The lowest BCUT2D eigenvalue weighted by atomic mass is 10.1. The standard InChI is InChI=1S/C20H15F3N2O4/c1-12(17-6-5-15(11-25-17)29-14-3-2-8-24-10-14)28-18-7-4-13(19(26)27)9-16(18)20(21,22)23/h2-12H,1H3,(H,26,27). The van der Waals surface area contributed by atoms with E-state index in [9.17, 15) is 18.0 Å². The molecule has 6 nitrogen and oxygen atoms in total. The van der Waals surface area contributed by atoms with Gasteiger partial charge in [0.05, 0.1) is 29.2 Å². The molecule has 29 heavy (non-hydrogen) atoms. The van der Waals surface area contributed by atoms with Crippen LogP contribution >= 0.6 is 0 Å². The van der Waals surface area contributed by atoms with E-state index in [2.05, 4.69) is 9.97 Å². The molecular formula is C20H15F3N2O4. The summed E-state index contributed by atoms with van der Waals surface area (Å²) >= 11 is 0. The summed E-state index contributed by atoms with van der Waals surface area (Å²) in [5, 5.41) is 8.92. The number of hydrogen-bond donors (Lipinski definition) is 1. The summed E-state index contributed by atoms with van der Waals surface area (Å²) in [5.74, 6) is -0.996. The van der Waals surface area contributed by atoms with Gasteiger partial charge in [-0.2, -0.15) is 13.2 Å². The fourth-order valence-corrected chi connectivity index (χ4v) is 2.47. The van der Waals surface area contributed by atoms with Crippen LogP contribution in [0.25, 0.3) is 0 Å². The zero-order valence-electron chi connectivity index (χ0n) is 15.1. The number of rotatable bonds is 6. The Bertz CT molecular complexity index is 993. The number of aromatic carboxylic acids is 1. The number of carboxylic acid groups (broad SMARTS) is 1. The summed E-state index contributed by atoms with van der Waals surface area (Å²) in [6.45, 7) is 1.54. The number of ether oxygens (including phenoxy) is 2. The molecule has 0 fully saturated rings. The van der Waals surface area contributed by atoms with E-state index in [4.69, 9.17) is 14.6 Å². The zero-order chi connectivity index (χ0) is 21.0. The molecule has 0 aliphatic rings. The highest BCUT2D eigenvalue weighted by Crippen LogP contribution is 2.38. The van der Waals surface area contributed by atoms with Crippen molar-refractivity contribution in [3.05, 3.63) is 77.9 Å². The van der Waals surface area contributed by atoms with Gasteiger partial charge in [0.2, 0.25) is 0 Å². The number of pyridine rings is 2. The summed E-state index contributed by atoms with van der Waals surface area (Å²) in [7, 11) is 0. The molecule has 150 valence electrons. The monoisotopic (exact) mass is 404 g/mol. The van der Waals surface area contributed by atoms with Crippen LogP contribution in [-0.2, 0) is 6.18 Å². The number of carbonyl (C=O) groups is 1. The molecule has 0 spiro atoms. The van der Waals surface area contributed by atoms with E-state index in [-0.39, 0.29) is 0 Å². The predicted molar refractivity (Wildman–Crippen MR) is 96.0 cm³/mol. The van der Waals surface area contributed by atoms with Crippen molar-refractivity contribution in [3.8, 4) is 17.2 Å². The number of hydrogen-bond acceptors (Lipinski definition) is 5. The minimum atomic E-state index is -4.77. The van der Waals surface area contributed by atoms with Crippen molar-refractivity contribution in [2.75, 3.05) is 0 Å². The molecular weight excluding hydrogens is 389 g/mol. The first-order chi connectivity index (χ1) is 13.7. The molecule has 1 aromatic carbocycles. The summed E-state index contributed by atoms with van der Waals surface area (Å²) in [4.78, 5) is 19.1. The van der Waals surface area contributed by atoms with Crippen molar-refractivity contribution in [3.63, 3.8) is 0 Å². The van der Waals surface area contributed by atoms with E-state index in [1.54, 1.807) is 30.5 Å². The Kier molecular flexibility index (Phi) is 5.67. The van der Waals surface area contributed by atoms with Crippen LogP contribution in [-0.4, -0.2) is 21.0 Å². The molecule has 2 aromatic heterocycles. The first-order valence-corrected chi connectivity index (χ1v) is 8.39. The molecule has 0 radical (unpaired) electrons. The average Bonchev–Trinajstić information content (AvgIpc) is 2.68. The van der Waals surface area contributed by atoms with Crippen molar-refractivity contribution in [2.24, 2.45) is 0 Å². The smallest absolute Gasteiger partial charge is 0.419 e. The van der Waals surface area contributed by atoms with E-state index in [0.29, 0.717) is 23.3 Å². The number of alkyl halides is 3. The second kappa shape index (κ2) is 8.17. The van der Waals surface area contributed by atoms with Crippen molar-refractivity contribution in [2.45, 2.75) is 19.2 Å². The molecule has 3 rings (SSSR count). The van der Waals surface area contributed by atoms with Gasteiger partial charge < -0.3 is 14.6 Å². The van der Waals surface area contributed by atoms with E-state index in [0.717, 1.165) is 12.1 Å². The zero-order valence-corrected chi connectivity index (χ0v) is 15.1. The van der Waals surface area contributed by atoms with Crippen molar-refractivity contribution in [1.29, 1.82) is 0 Å². The van der Waals surface area contributed by atoms with Crippen LogP contribution in [0.3, 0.4) is 0 Å². The van der Waals surface area contributed by atoms with Crippen LogP contribution in [0.4, 0.5) is 13.2 Å². The maximum Gasteiger partial charge on any atom is 0.419 e. The summed E-state index contributed by atoms with van der Waals surface area (Å²) in [6.07, 6.45) is -1.04. The lowest BCUT2D eigenvalue weighted by molar-refractivity contribution is -0.139. The highest BCUT2D eigenvalue weighted by molar-refractivity contribution is 5.88. The van der Waals surface area contributed by atoms with Crippen LogP contribution in [0, 0.1) is 0 Å². The molecule has 1 N–H and O–H groups in total. The third-order valence-electron chi connectivity index (χ3n) is 3.88. The normalized spacial score (nSPS) is 12.3. The van der Waals surface area contributed by atoms with Crippen molar-refractivity contribution in [1.82, 2.24) is 9.97 Å². The molecule has 0 bridgehead atoms. The summed E-state index contributed by atoms with van der Waals surface area (Å²) < 4.78 is 50.9. The molecule has 1 unspecified atom stereocenters. The Labute approximate surface area is 163 Å². The van der Waals surface area contributed by atoms with Gasteiger partial charge in [-0.15, -0.1) is 0 Å². The number of benzene rings is 1. The third kappa shape index (κ3) is 5.01. The van der Waals surface area contributed by atoms with Crippen molar-refractivity contribution < 1.29 is 32.5 Å². The Morgan fingerprint density at radius 3 is 2.45 bits per heavy atom. The van der Waals surface area contributed by atoms with Crippen LogP contribution in [0.1, 0.15) is 34.6 Å². The Morgan fingerprint density at radius 2 is 1.86 bits per heavy atom. The molecule has 1 atom stereocenters. The topological polar surface area (TPSA) is 81.5 Å². The van der Waals surface area contributed by atoms with Crippen LogP contribution in [0.2, 0.25) is 0 Å². The second-order valence-electron chi connectivity index (χ2n) is 5.98. The number of aromatic nitrogens is 2. The maximum absolute atomic E-state index is 13.3. The molecule has 3 aromatic rings. The highest BCUT2D eigenvalue weighted by atomic mass is 19.4. The van der Waals surface area contributed by atoms with Gasteiger partial charge in [0.25, 0.3) is 0 Å². The summed E-state index contributed by atoms with van der Waals surface area (Å²) in [5.41, 5.74) is -1.27. The fraction of sp³-hybridized carbons (Fsp3) is 0.150. The maximum atomic E-state index is 13.3. The number of halogens is 3. The Morgan fingerprint density at radius 1 is 1.10 bits per heavy atom. The second-order valence-corrected chi connectivity index (χ2v) is 5.98. The summed E-state index contributed by atoms with van der Waals surface area (Å²) in [6, 6.07) is 9.18. The lowest BCUT2D eigenvalue weighted by Crippen LogP contribution is -2.13. The van der Waals surface area contributed by atoms with Gasteiger partial charge in [-0.1, -0.05) is 0 Å². The first kappa shape index (κ1) is 20.1. The SMILES string of the molecule is CC(Oc1ccc(C(=O)O)cc1C(F)(F)F)c1ccc(Oc2cccnc2)cn1. The minimum Gasteiger partial charge on any atom is -0.484 e. The van der Waals surface area contributed by atoms with Gasteiger partial charge in [0.15, 0.2) is 0 Å². The van der Waals surface area contributed by atoms with Gasteiger partial charge >= 0.3 is 12.1 Å². The quantitative estimate of drug-likeness (QED) is 0.614. The number of nitrogens with zero attached hydrogens (tertiary/aromatic N) is 2. The highest BCUT2D eigenvalue weighted by Gasteiger charge is 2.35. The largest absolute Gasteiger partial charge is 0.484 e. The average molecular weight is 404 g/mol. The van der Waals surface area contributed by atoms with Crippen LogP contribution < -0.4 is 9.47 Å². The number of carboxylic acids is 1. The predicted octanol–water partition coefficient (Wildman–Crippen LogP) is 5.13. The van der Waals surface area contributed by atoms with Crippen LogP contribution in [0.15, 0.2) is 61.1 Å². The molecule has 0 amide bonds. The van der Waals surface area contributed by atoms with Gasteiger partial charge in [0, 0.05) is 6.20 Å². The molecule has 0 aliphatic heterocycles. The fourth-order valence-electron chi connectivity index (χ4n) is 2.47. The van der Waals surface area contributed by atoms with E-state index < -0.39 is 35.1 Å². The van der Waals surface area contributed by atoms with E-state index >= 15 is 0 Å². The molecule has 2 heterocycles. The first-order valence-electron chi connectivity index (χ1n) is 8.39. The molecule has 0 aliphatic carbocycles. The lowest BCUT2D eigenvalue weighted by Gasteiger charge is -2.19. The Balaban J connectivity index is 1.78. The van der Waals surface area contributed by atoms with Gasteiger partial charge in [-0.05, 0) is 49.4 Å². The van der Waals surface area contributed by atoms with E-state index in [1.807, 2.05) is 0 Å².